The van der Waals surface area contributed by atoms with Gasteiger partial charge in [0.05, 0.1) is 30.9 Å². The third kappa shape index (κ3) is 2.72. The van der Waals surface area contributed by atoms with Gasteiger partial charge in [0.15, 0.2) is 0 Å². The minimum atomic E-state index is -0.965. The van der Waals surface area contributed by atoms with Crippen molar-refractivity contribution < 1.29 is 24.2 Å². The number of carboxylic acid groups (broad SMARTS) is 1. The molecule has 7 nitrogen and oxygen atoms in total. The van der Waals surface area contributed by atoms with E-state index in [1.807, 2.05) is 30.3 Å². The molecule has 0 spiro atoms. The molecule has 4 atom stereocenters. The summed E-state index contributed by atoms with van der Waals surface area (Å²) in [6.45, 7) is 2.48. The average Bonchev–Trinajstić information content (AvgIpc) is 3.29. The van der Waals surface area contributed by atoms with E-state index >= 15 is 0 Å². The molecule has 26 heavy (non-hydrogen) atoms. The molecule has 3 aliphatic heterocycles. The number of methoxy groups -OCH3 is 1. The minimum absolute atomic E-state index is 0.117. The van der Waals surface area contributed by atoms with Crippen molar-refractivity contribution in [3.8, 4) is 5.75 Å². The summed E-state index contributed by atoms with van der Waals surface area (Å²) < 4.78 is 11.0. The third-order valence-corrected chi connectivity index (χ3v) is 5.49. The number of ether oxygens (including phenoxy) is 2. The van der Waals surface area contributed by atoms with Crippen molar-refractivity contribution in [3.63, 3.8) is 0 Å². The van der Waals surface area contributed by atoms with Crippen LogP contribution >= 0.6 is 0 Å². The number of nitrogens with zero attached hydrogens (tertiary/aromatic N) is 2. The molecule has 2 bridgehead atoms. The van der Waals surface area contributed by atoms with Crippen LogP contribution in [0.25, 0.3) is 0 Å². The van der Waals surface area contributed by atoms with Gasteiger partial charge in [0.25, 0.3) is 0 Å². The van der Waals surface area contributed by atoms with E-state index in [-0.39, 0.29) is 5.91 Å². The van der Waals surface area contributed by atoms with Crippen LogP contribution in [0.4, 0.5) is 5.69 Å². The van der Waals surface area contributed by atoms with Crippen molar-refractivity contribution in [2.24, 2.45) is 11.8 Å². The first kappa shape index (κ1) is 16.9. The number of amides is 1. The van der Waals surface area contributed by atoms with Gasteiger partial charge < -0.3 is 24.4 Å². The third-order valence-electron chi connectivity index (χ3n) is 5.49. The lowest BCUT2D eigenvalue weighted by Crippen LogP contribution is -2.53. The van der Waals surface area contributed by atoms with Gasteiger partial charge in [-0.1, -0.05) is 24.3 Å². The minimum Gasteiger partial charge on any atom is -0.495 e. The molecule has 0 aliphatic carbocycles. The highest BCUT2D eigenvalue weighted by molar-refractivity contribution is 5.87. The van der Waals surface area contributed by atoms with Crippen molar-refractivity contribution in [2.75, 3.05) is 38.2 Å². The largest absolute Gasteiger partial charge is 0.495 e. The van der Waals surface area contributed by atoms with Gasteiger partial charge in [-0.05, 0) is 12.1 Å². The summed E-state index contributed by atoms with van der Waals surface area (Å²) in [4.78, 5) is 28.5. The van der Waals surface area contributed by atoms with Crippen LogP contribution in [-0.2, 0) is 14.3 Å². The van der Waals surface area contributed by atoms with Crippen molar-refractivity contribution >= 4 is 17.6 Å². The van der Waals surface area contributed by atoms with Crippen LogP contribution in [0, 0.1) is 11.8 Å². The van der Waals surface area contributed by atoms with Crippen LogP contribution in [0.1, 0.15) is 0 Å². The smallest absolute Gasteiger partial charge is 0.310 e. The van der Waals surface area contributed by atoms with Gasteiger partial charge in [-0.25, -0.2) is 0 Å². The molecule has 1 aromatic carbocycles. The van der Waals surface area contributed by atoms with Crippen LogP contribution in [0.5, 0.6) is 5.75 Å². The Kier molecular flexibility index (Phi) is 4.32. The molecule has 1 N–H and O–H groups in total. The molecule has 4 rings (SSSR count). The zero-order chi connectivity index (χ0) is 18.3. The van der Waals surface area contributed by atoms with Gasteiger partial charge in [-0.3, -0.25) is 9.59 Å². The fraction of sp³-hybridized carbons (Fsp3) is 0.474. The molecule has 3 aliphatic rings. The maximum absolute atomic E-state index is 13.0. The van der Waals surface area contributed by atoms with Crippen LogP contribution in [0.15, 0.2) is 36.4 Å². The van der Waals surface area contributed by atoms with E-state index in [4.69, 9.17) is 9.47 Å². The number of benzene rings is 1. The Bertz CT molecular complexity index is 741. The zero-order valence-corrected chi connectivity index (χ0v) is 14.6. The Morgan fingerprint density at radius 3 is 2.38 bits per heavy atom. The van der Waals surface area contributed by atoms with Gasteiger partial charge >= 0.3 is 5.97 Å². The maximum atomic E-state index is 13.0. The number of aliphatic carboxylic acids is 1. The summed E-state index contributed by atoms with van der Waals surface area (Å²) in [5, 5.41) is 9.49. The summed E-state index contributed by atoms with van der Waals surface area (Å²) in [5.74, 6) is -1.68. The van der Waals surface area contributed by atoms with Crippen molar-refractivity contribution in [2.45, 2.75) is 12.2 Å². The van der Waals surface area contributed by atoms with Crippen molar-refractivity contribution in [1.82, 2.24) is 4.90 Å². The van der Waals surface area contributed by atoms with E-state index < -0.39 is 30.0 Å². The number of para-hydroxylation sites is 2. The van der Waals surface area contributed by atoms with Crippen LogP contribution in [0.2, 0.25) is 0 Å². The molecular formula is C19H22N2O5. The molecule has 3 heterocycles. The van der Waals surface area contributed by atoms with Gasteiger partial charge in [-0.15, -0.1) is 0 Å². The first-order chi connectivity index (χ1) is 12.6. The molecule has 0 saturated carbocycles. The second-order valence-corrected chi connectivity index (χ2v) is 6.82. The Hall–Kier alpha value is -2.54. The predicted molar refractivity (Wildman–Crippen MR) is 94.2 cm³/mol. The van der Waals surface area contributed by atoms with Crippen LogP contribution < -0.4 is 9.64 Å². The number of carbonyl (C=O) groups excluding carboxylic acids is 1. The fourth-order valence-corrected chi connectivity index (χ4v) is 4.17. The number of carbonyl (C=O) groups is 2. The second-order valence-electron chi connectivity index (χ2n) is 6.82. The van der Waals surface area contributed by atoms with E-state index in [9.17, 15) is 14.7 Å². The number of fused-ring (bicyclic) bond motifs is 2. The first-order valence-electron chi connectivity index (χ1n) is 8.83. The lowest BCUT2D eigenvalue weighted by molar-refractivity contribution is -0.149. The summed E-state index contributed by atoms with van der Waals surface area (Å²) >= 11 is 0. The zero-order valence-electron chi connectivity index (χ0n) is 14.6. The average molecular weight is 358 g/mol. The fourth-order valence-electron chi connectivity index (χ4n) is 4.17. The number of carboxylic acids is 1. The molecule has 138 valence electrons. The van der Waals surface area contributed by atoms with Crippen molar-refractivity contribution in [3.05, 3.63) is 36.4 Å². The van der Waals surface area contributed by atoms with Gasteiger partial charge in [0.2, 0.25) is 5.91 Å². The summed E-state index contributed by atoms with van der Waals surface area (Å²) in [5.41, 5.74) is 1.01. The Balaban J connectivity index is 1.44. The Morgan fingerprint density at radius 2 is 1.73 bits per heavy atom. The predicted octanol–water partition coefficient (Wildman–Crippen LogP) is 0.998. The van der Waals surface area contributed by atoms with E-state index in [0.717, 1.165) is 11.4 Å². The number of hydrogen-bond acceptors (Lipinski definition) is 5. The first-order valence-corrected chi connectivity index (χ1v) is 8.83. The highest BCUT2D eigenvalue weighted by Gasteiger charge is 2.54. The second kappa shape index (κ2) is 6.64. The summed E-state index contributed by atoms with van der Waals surface area (Å²) in [6.07, 6.45) is 2.67. The topological polar surface area (TPSA) is 79.3 Å². The standard InChI is InChI=1S/C19H22N2O5/c1-25-13-5-3-2-4-12(13)20-8-10-21(11-9-20)18(22)16-14-6-7-15(26-14)17(16)19(23)24/h2-7,14-17H,8-11H2,1H3,(H,23,24). The van der Waals surface area contributed by atoms with E-state index in [0.29, 0.717) is 26.2 Å². The van der Waals surface area contributed by atoms with Crippen LogP contribution in [-0.4, -0.2) is 67.4 Å². The Morgan fingerprint density at radius 1 is 1.08 bits per heavy atom. The van der Waals surface area contributed by atoms with E-state index in [1.54, 1.807) is 18.1 Å². The lowest BCUT2D eigenvalue weighted by atomic mass is 9.82. The summed E-state index contributed by atoms with van der Waals surface area (Å²) in [6, 6.07) is 7.82. The van der Waals surface area contributed by atoms with Gasteiger partial charge in [0.1, 0.15) is 11.7 Å². The molecule has 2 fully saturated rings. The number of piperazine rings is 1. The lowest BCUT2D eigenvalue weighted by Gasteiger charge is -2.38. The molecule has 1 amide bonds. The molecule has 2 saturated heterocycles. The number of hydrogen-bond donors (Lipinski definition) is 1. The maximum Gasteiger partial charge on any atom is 0.310 e. The summed E-state index contributed by atoms with van der Waals surface area (Å²) in [7, 11) is 1.65. The Labute approximate surface area is 151 Å². The molecule has 7 heteroatoms. The molecular weight excluding hydrogens is 336 g/mol. The quantitative estimate of drug-likeness (QED) is 0.809. The highest BCUT2D eigenvalue weighted by atomic mass is 16.5. The SMILES string of the molecule is COc1ccccc1N1CCN(C(=O)C2C3C=CC(O3)C2C(=O)O)CC1. The highest BCUT2D eigenvalue weighted by Crippen LogP contribution is 2.40. The molecule has 0 radical (unpaired) electrons. The monoisotopic (exact) mass is 358 g/mol. The molecule has 0 aromatic heterocycles. The number of anilines is 1. The molecule has 1 aromatic rings. The molecule has 4 unspecified atom stereocenters. The van der Waals surface area contributed by atoms with Gasteiger partial charge in [-0.2, -0.15) is 0 Å². The number of rotatable bonds is 4. The van der Waals surface area contributed by atoms with Crippen molar-refractivity contribution in [1.29, 1.82) is 0 Å². The van der Waals surface area contributed by atoms with Crippen LogP contribution in [0.3, 0.4) is 0 Å². The normalized spacial score (nSPS) is 29.9. The van der Waals surface area contributed by atoms with E-state index in [2.05, 4.69) is 4.90 Å². The van der Waals surface area contributed by atoms with E-state index in [1.165, 1.54) is 0 Å². The van der Waals surface area contributed by atoms with Gasteiger partial charge in [0, 0.05) is 26.2 Å².